The van der Waals surface area contributed by atoms with Crippen LogP contribution in [0.1, 0.15) is 16.2 Å². The molecule has 0 saturated heterocycles. The highest BCUT2D eigenvalue weighted by molar-refractivity contribution is 5.89. The van der Waals surface area contributed by atoms with Crippen LogP contribution in [0.25, 0.3) is 0 Å². The molecule has 100 valence electrons. The Labute approximate surface area is 111 Å². The van der Waals surface area contributed by atoms with Crippen molar-refractivity contribution in [2.45, 2.75) is 13.1 Å². The van der Waals surface area contributed by atoms with Gasteiger partial charge in [-0.25, -0.2) is 4.98 Å². The zero-order valence-electron chi connectivity index (χ0n) is 10.9. The number of aromatic nitrogens is 3. The predicted octanol–water partition coefficient (Wildman–Crippen LogP) is 0.509. The normalized spacial score (nSPS) is 10.8. The van der Waals surface area contributed by atoms with Crippen LogP contribution in [-0.4, -0.2) is 38.9 Å². The first kappa shape index (κ1) is 13.2. The summed E-state index contributed by atoms with van der Waals surface area (Å²) in [7, 11) is 2.03. The van der Waals surface area contributed by atoms with Crippen LogP contribution < -0.4 is 5.73 Å². The van der Waals surface area contributed by atoms with Crippen LogP contribution in [0, 0.1) is 0 Å². The minimum atomic E-state index is -0.498. The molecule has 2 aromatic heterocycles. The molecule has 2 rings (SSSR count). The number of hydrogen-bond donors (Lipinski definition) is 1. The average Bonchev–Trinajstić information content (AvgIpc) is 2.86. The maximum atomic E-state index is 11.1. The number of pyridine rings is 1. The van der Waals surface area contributed by atoms with Crippen molar-refractivity contribution in [2.24, 2.45) is 5.73 Å². The molecule has 2 N–H and O–H groups in total. The van der Waals surface area contributed by atoms with Gasteiger partial charge in [0.05, 0.1) is 0 Å². The van der Waals surface area contributed by atoms with E-state index in [0.29, 0.717) is 12.4 Å². The van der Waals surface area contributed by atoms with Crippen LogP contribution in [0.5, 0.6) is 0 Å². The highest BCUT2D eigenvalue weighted by Gasteiger charge is 2.09. The van der Waals surface area contributed by atoms with E-state index in [1.165, 1.54) is 5.56 Å². The molecule has 0 atom stereocenters. The Bertz CT molecular complexity index is 537. The van der Waals surface area contributed by atoms with Gasteiger partial charge in [0, 0.05) is 44.4 Å². The fourth-order valence-electron chi connectivity index (χ4n) is 1.87. The molecular formula is C13H17N5O. The molecule has 0 saturated carbocycles. The lowest BCUT2D eigenvalue weighted by molar-refractivity contribution is 0.0985. The highest BCUT2D eigenvalue weighted by atomic mass is 16.1. The molecule has 6 heteroatoms. The summed E-state index contributed by atoms with van der Waals surface area (Å²) in [6.45, 7) is 2.32. The van der Waals surface area contributed by atoms with Gasteiger partial charge in [-0.1, -0.05) is 0 Å². The molecule has 19 heavy (non-hydrogen) atoms. The zero-order valence-corrected chi connectivity index (χ0v) is 10.9. The van der Waals surface area contributed by atoms with E-state index in [0.717, 1.165) is 13.1 Å². The van der Waals surface area contributed by atoms with Gasteiger partial charge in [0.1, 0.15) is 0 Å². The summed E-state index contributed by atoms with van der Waals surface area (Å²) >= 11 is 0. The lowest BCUT2D eigenvalue weighted by atomic mass is 10.2. The largest absolute Gasteiger partial charge is 0.363 e. The summed E-state index contributed by atoms with van der Waals surface area (Å²) in [6.07, 6.45) is 6.91. The minimum Gasteiger partial charge on any atom is -0.363 e. The standard InChI is InChI=1S/C13H17N5O/c1-17(10-11-2-4-15-5-3-11)8-9-18-7-6-16-13(18)12(14)19/h2-7H,8-10H2,1H3,(H2,14,19). The maximum absolute atomic E-state index is 11.1. The lowest BCUT2D eigenvalue weighted by Gasteiger charge is -2.17. The first-order valence-electron chi connectivity index (χ1n) is 6.05. The number of hydrogen-bond acceptors (Lipinski definition) is 4. The Hall–Kier alpha value is -2.21. The van der Waals surface area contributed by atoms with E-state index >= 15 is 0 Å². The molecule has 0 unspecified atom stereocenters. The van der Waals surface area contributed by atoms with Crippen LogP contribution in [0.15, 0.2) is 36.9 Å². The SMILES string of the molecule is CN(CCn1ccnc1C(N)=O)Cc1ccncc1. The molecule has 0 fully saturated rings. The van der Waals surface area contributed by atoms with Crippen LogP contribution in [-0.2, 0) is 13.1 Å². The first-order chi connectivity index (χ1) is 9.16. The molecule has 2 aromatic rings. The Balaban J connectivity index is 1.88. The third-order valence-corrected chi connectivity index (χ3v) is 2.86. The quantitative estimate of drug-likeness (QED) is 0.820. The third-order valence-electron chi connectivity index (χ3n) is 2.86. The molecule has 0 aliphatic rings. The zero-order chi connectivity index (χ0) is 13.7. The van der Waals surface area contributed by atoms with E-state index in [2.05, 4.69) is 14.9 Å². The van der Waals surface area contributed by atoms with Crippen molar-refractivity contribution < 1.29 is 4.79 Å². The van der Waals surface area contributed by atoms with Gasteiger partial charge in [-0.2, -0.15) is 0 Å². The van der Waals surface area contributed by atoms with Crippen molar-refractivity contribution in [1.82, 2.24) is 19.4 Å². The Morgan fingerprint density at radius 2 is 2.11 bits per heavy atom. The fraction of sp³-hybridized carbons (Fsp3) is 0.308. The van der Waals surface area contributed by atoms with Crippen LogP contribution >= 0.6 is 0 Å². The summed E-state index contributed by atoms with van der Waals surface area (Å²) in [5.41, 5.74) is 6.45. The maximum Gasteiger partial charge on any atom is 0.284 e. The first-order valence-corrected chi connectivity index (χ1v) is 6.05. The molecule has 0 aliphatic heterocycles. The van der Waals surface area contributed by atoms with E-state index in [1.54, 1.807) is 29.4 Å². The van der Waals surface area contributed by atoms with Gasteiger partial charge < -0.3 is 15.2 Å². The summed E-state index contributed by atoms with van der Waals surface area (Å²) < 4.78 is 1.77. The Kier molecular flexibility index (Phi) is 4.25. The molecule has 2 heterocycles. The van der Waals surface area contributed by atoms with Crippen LogP contribution in [0.4, 0.5) is 0 Å². The monoisotopic (exact) mass is 259 g/mol. The molecule has 0 bridgehead atoms. The average molecular weight is 259 g/mol. The van der Waals surface area contributed by atoms with Gasteiger partial charge in [0.2, 0.25) is 0 Å². The summed E-state index contributed by atoms with van der Waals surface area (Å²) in [4.78, 5) is 21.2. The lowest BCUT2D eigenvalue weighted by Crippen LogP contribution is -2.25. The summed E-state index contributed by atoms with van der Waals surface area (Å²) in [5, 5.41) is 0. The van der Waals surface area contributed by atoms with Crippen molar-refractivity contribution in [3.63, 3.8) is 0 Å². The Morgan fingerprint density at radius 1 is 1.37 bits per heavy atom. The third kappa shape index (κ3) is 3.62. The van der Waals surface area contributed by atoms with Gasteiger partial charge in [-0.05, 0) is 24.7 Å². The molecule has 0 radical (unpaired) electrons. The molecule has 6 nitrogen and oxygen atoms in total. The number of primary amides is 1. The summed E-state index contributed by atoms with van der Waals surface area (Å²) in [6, 6.07) is 3.98. The number of nitrogens with two attached hydrogens (primary N) is 1. The number of carbonyl (C=O) groups excluding carboxylic acids is 1. The number of carbonyl (C=O) groups is 1. The molecule has 0 spiro atoms. The van der Waals surface area contributed by atoms with E-state index in [1.807, 2.05) is 19.2 Å². The molecule has 0 aliphatic carbocycles. The van der Waals surface area contributed by atoms with Crippen molar-refractivity contribution in [3.05, 3.63) is 48.3 Å². The van der Waals surface area contributed by atoms with Crippen molar-refractivity contribution in [1.29, 1.82) is 0 Å². The van der Waals surface area contributed by atoms with Crippen molar-refractivity contribution in [2.75, 3.05) is 13.6 Å². The minimum absolute atomic E-state index is 0.303. The molecule has 0 aromatic carbocycles. The van der Waals surface area contributed by atoms with Crippen molar-refractivity contribution in [3.8, 4) is 0 Å². The van der Waals surface area contributed by atoms with E-state index in [9.17, 15) is 4.79 Å². The van der Waals surface area contributed by atoms with Crippen LogP contribution in [0.2, 0.25) is 0 Å². The van der Waals surface area contributed by atoms with Gasteiger partial charge in [-0.15, -0.1) is 0 Å². The number of imidazole rings is 1. The highest BCUT2D eigenvalue weighted by Crippen LogP contribution is 2.02. The van der Waals surface area contributed by atoms with Gasteiger partial charge >= 0.3 is 0 Å². The van der Waals surface area contributed by atoms with Crippen LogP contribution in [0.3, 0.4) is 0 Å². The van der Waals surface area contributed by atoms with E-state index < -0.39 is 5.91 Å². The summed E-state index contributed by atoms with van der Waals surface area (Å²) in [5.74, 6) is -0.195. The fourth-order valence-corrected chi connectivity index (χ4v) is 1.87. The van der Waals surface area contributed by atoms with E-state index in [-0.39, 0.29) is 0 Å². The molecular weight excluding hydrogens is 242 g/mol. The predicted molar refractivity (Wildman–Crippen MR) is 71.3 cm³/mol. The van der Waals surface area contributed by atoms with Crippen molar-refractivity contribution >= 4 is 5.91 Å². The van der Waals surface area contributed by atoms with Gasteiger partial charge in [-0.3, -0.25) is 9.78 Å². The second-order valence-electron chi connectivity index (χ2n) is 4.40. The smallest absolute Gasteiger partial charge is 0.284 e. The van der Waals surface area contributed by atoms with Gasteiger partial charge in [0.25, 0.3) is 5.91 Å². The number of nitrogens with zero attached hydrogens (tertiary/aromatic N) is 4. The number of rotatable bonds is 6. The van der Waals surface area contributed by atoms with Gasteiger partial charge in [0.15, 0.2) is 5.82 Å². The van der Waals surface area contributed by atoms with E-state index in [4.69, 9.17) is 5.73 Å². The number of amides is 1. The number of likely N-dealkylation sites (N-methyl/N-ethyl adjacent to an activating group) is 1. The second kappa shape index (κ2) is 6.10. The Morgan fingerprint density at radius 3 is 2.79 bits per heavy atom. The topological polar surface area (TPSA) is 77.0 Å². The second-order valence-corrected chi connectivity index (χ2v) is 4.40. The molecule has 1 amide bonds.